The third kappa shape index (κ3) is 5.72. The molecule has 0 saturated heterocycles. The van der Waals surface area contributed by atoms with Gasteiger partial charge in [-0.3, -0.25) is 9.89 Å². The number of amides is 1. The van der Waals surface area contributed by atoms with Crippen LogP contribution < -0.4 is 15.4 Å². The Morgan fingerprint density at radius 2 is 1.84 bits per heavy atom. The van der Waals surface area contributed by atoms with Crippen LogP contribution in [0.25, 0.3) is 33.4 Å². The zero-order chi connectivity index (χ0) is 25.8. The molecule has 1 amide bonds. The predicted octanol–water partition coefficient (Wildman–Crippen LogP) is 5.47. The lowest BCUT2D eigenvalue weighted by atomic mass is 10.1. The van der Waals surface area contributed by atoms with Gasteiger partial charge in [0.15, 0.2) is 12.4 Å². The highest BCUT2D eigenvalue weighted by Gasteiger charge is 2.13. The molecule has 9 heteroatoms. The molecule has 37 heavy (non-hydrogen) atoms. The zero-order valence-electron chi connectivity index (χ0n) is 20.3. The quantitative estimate of drug-likeness (QED) is 0.263. The van der Waals surface area contributed by atoms with E-state index in [1.165, 1.54) is 12.1 Å². The minimum absolute atomic E-state index is 0.0334. The molecule has 3 N–H and O–H groups in total. The van der Waals surface area contributed by atoms with E-state index in [0.29, 0.717) is 33.9 Å². The number of H-pyrrole nitrogens is 1. The highest BCUT2D eigenvalue weighted by Crippen LogP contribution is 2.30. The Kier molecular flexibility index (Phi) is 6.76. The van der Waals surface area contributed by atoms with E-state index in [1.54, 1.807) is 24.4 Å². The molecule has 186 valence electrons. The summed E-state index contributed by atoms with van der Waals surface area (Å²) in [6, 6.07) is 19.4. The number of benzene rings is 3. The third-order valence-corrected chi connectivity index (χ3v) is 5.55. The van der Waals surface area contributed by atoms with Gasteiger partial charge in [0.05, 0.1) is 11.7 Å². The van der Waals surface area contributed by atoms with E-state index in [9.17, 15) is 9.18 Å². The lowest BCUT2D eigenvalue weighted by molar-refractivity contribution is -0.123. The zero-order valence-corrected chi connectivity index (χ0v) is 20.3. The van der Waals surface area contributed by atoms with E-state index < -0.39 is 0 Å². The number of aromatic amines is 1. The van der Waals surface area contributed by atoms with E-state index in [0.717, 1.165) is 16.8 Å². The van der Waals surface area contributed by atoms with Crippen molar-refractivity contribution < 1.29 is 13.9 Å². The molecule has 0 saturated carbocycles. The predicted molar refractivity (Wildman–Crippen MR) is 141 cm³/mol. The number of fused-ring (bicyclic) bond motifs is 1. The monoisotopic (exact) mass is 496 g/mol. The first kappa shape index (κ1) is 23.9. The van der Waals surface area contributed by atoms with Gasteiger partial charge in [0.25, 0.3) is 5.91 Å². The van der Waals surface area contributed by atoms with Crippen molar-refractivity contribution in [2.75, 3.05) is 11.9 Å². The van der Waals surface area contributed by atoms with Gasteiger partial charge in [-0.05, 0) is 61.9 Å². The van der Waals surface area contributed by atoms with Crippen LogP contribution in [0.3, 0.4) is 0 Å². The fourth-order valence-electron chi connectivity index (χ4n) is 3.85. The van der Waals surface area contributed by atoms with Crippen molar-refractivity contribution in [2.45, 2.75) is 19.9 Å². The Balaban J connectivity index is 1.45. The normalized spacial score (nSPS) is 11.0. The summed E-state index contributed by atoms with van der Waals surface area (Å²) in [4.78, 5) is 21.3. The summed E-state index contributed by atoms with van der Waals surface area (Å²) in [5, 5.41) is 13.4. The van der Waals surface area contributed by atoms with Crippen LogP contribution in [0.5, 0.6) is 5.75 Å². The van der Waals surface area contributed by atoms with Crippen LogP contribution >= 0.6 is 0 Å². The fraction of sp³-hybridized carbons (Fsp3) is 0.143. The average molecular weight is 497 g/mol. The first-order valence-electron chi connectivity index (χ1n) is 11.8. The molecular formula is C28H25FN6O2. The Hall–Kier alpha value is -4.79. The van der Waals surface area contributed by atoms with E-state index in [4.69, 9.17) is 9.72 Å². The fourth-order valence-corrected chi connectivity index (χ4v) is 3.85. The number of nitrogens with zero attached hydrogens (tertiary/aromatic N) is 3. The number of anilines is 2. The smallest absolute Gasteiger partial charge is 0.258 e. The maximum Gasteiger partial charge on any atom is 0.258 e. The van der Waals surface area contributed by atoms with Gasteiger partial charge < -0.3 is 15.4 Å². The lowest BCUT2D eigenvalue weighted by Crippen LogP contribution is -2.34. The van der Waals surface area contributed by atoms with Crippen molar-refractivity contribution in [1.82, 2.24) is 25.5 Å². The summed E-state index contributed by atoms with van der Waals surface area (Å²) in [6.07, 6.45) is 3.58. The topological polar surface area (TPSA) is 105 Å². The van der Waals surface area contributed by atoms with Crippen molar-refractivity contribution in [3.8, 4) is 28.3 Å². The summed E-state index contributed by atoms with van der Waals surface area (Å²) in [6.45, 7) is 3.68. The highest BCUT2D eigenvalue weighted by atomic mass is 19.1. The second-order valence-corrected chi connectivity index (χ2v) is 8.79. The van der Waals surface area contributed by atoms with Crippen LogP contribution in [-0.2, 0) is 4.79 Å². The highest BCUT2D eigenvalue weighted by molar-refractivity contribution is 5.92. The number of carbonyl (C=O) groups excluding carboxylic acids is 1. The molecule has 0 radical (unpaired) electrons. The summed E-state index contributed by atoms with van der Waals surface area (Å²) >= 11 is 0. The molecule has 0 aliphatic rings. The van der Waals surface area contributed by atoms with Crippen LogP contribution in [0.1, 0.15) is 13.8 Å². The van der Waals surface area contributed by atoms with Gasteiger partial charge in [-0.2, -0.15) is 5.10 Å². The molecule has 0 atom stereocenters. The largest absolute Gasteiger partial charge is 0.484 e. The van der Waals surface area contributed by atoms with Crippen LogP contribution in [-0.4, -0.2) is 38.7 Å². The molecule has 2 heterocycles. The SMILES string of the molecule is CC(C)NC(=O)COc1cccc(-c2nc(Nc3ccc(-c4cn[nH]c4)cc3)c3cc(F)ccc3n2)c1. The molecule has 0 unspecified atom stereocenters. The van der Waals surface area contributed by atoms with Gasteiger partial charge in [-0.15, -0.1) is 0 Å². The second-order valence-electron chi connectivity index (χ2n) is 8.79. The minimum Gasteiger partial charge on any atom is -0.484 e. The summed E-state index contributed by atoms with van der Waals surface area (Å²) in [7, 11) is 0. The first-order chi connectivity index (χ1) is 17.9. The van der Waals surface area contributed by atoms with Gasteiger partial charge in [0.2, 0.25) is 0 Å². The van der Waals surface area contributed by atoms with Gasteiger partial charge in [-0.1, -0.05) is 24.3 Å². The Morgan fingerprint density at radius 3 is 2.59 bits per heavy atom. The van der Waals surface area contributed by atoms with Gasteiger partial charge in [-0.25, -0.2) is 14.4 Å². The summed E-state index contributed by atoms with van der Waals surface area (Å²) in [5.74, 6) is 0.849. The standard InChI is InChI=1S/C28H25FN6O2/c1-17(2)32-26(36)16-37-23-5-3-4-19(12-23)27-34-25-11-8-21(29)13-24(25)28(35-27)33-22-9-6-18(7-10-22)20-14-30-31-15-20/h3-15,17H,16H2,1-2H3,(H,30,31)(H,32,36)(H,33,34,35). The maximum atomic E-state index is 14.1. The molecule has 0 aliphatic heterocycles. The van der Waals surface area contributed by atoms with Crippen molar-refractivity contribution in [2.24, 2.45) is 0 Å². The molecule has 3 aromatic carbocycles. The molecule has 5 aromatic rings. The maximum absolute atomic E-state index is 14.1. The van der Waals surface area contributed by atoms with E-state index >= 15 is 0 Å². The third-order valence-electron chi connectivity index (χ3n) is 5.55. The van der Waals surface area contributed by atoms with Crippen molar-refractivity contribution in [1.29, 1.82) is 0 Å². The molecule has 0 aliphatic carbocycles. The molecule has 0 spiro atoms. The number of carbonyl (C=O) groups is 1. The van der Waals surface area contributed by atoms with Gasteiger partial charge >= 0.3 is 0 Å². The summed E-state index contributed by atoms with van der Waals surface area (Å²) in [5.41, 5.74) is 4.07. The summed E-state index contributed by atoms with van der Waals surface area (Å²) < 4.78 is 19.8. The van der Waals surface area contributed by atoms with Crippen molar-refractivity contribution in [3.05, 3.63) is 84.9 Å². The number of aromatic nitrogens is 4. The number of nitrogens with one attached hydrogen (secondary N) is 3. The molecule has 8 nitrogen and oxygen atoms in total. The molecular weight excluding hydrogens is 471 g/mol. The molecule has 0 bridgehead atoms. The van der Waals surface area contributed by atoms with E-state index in [1.807, 2.05) is 56.4 Å². The molecule has 5 rings (SSSR count). The number of hydrogen-bond donors (Lipinski definition) is 3. The Labute approximate surface area is 212 Å². The van der Waals surface area contributed by atoms with Crippen molar-refractivity contribution in [3.63, 3.8) is 0 Å². The van der Waals surface area contributed by atoms with Gasteiger partial charge in [0, 0.05) is 34.4 Å². The van der Waals surface area contributed by atoms with Gasteiger partial charge in [0.1, 0.15) is 17.4 Å². The van der Waals surface area contributed by atoms with Crippen LogP contribution in [0.4, 0.5) is 15.9 Å². The molecule has 2 aromatic heterocycles. The second kappa shape index (κ2) is 10.4. The Bertz CT molecular complexity index is 1530. The average Bonchev–Trinajstić information content (AvgIpc) is 3.43. The van der Waals surface area contributed by atoms with E-state index in [2.05, 4.69) is 25.8 Å². The minimum atomic E-state index is -0.378. The van der Waals surface area contributed by atoms with Crippen LogP contribution in [0.2, 0.25) is 0 Å². The number of ether oxygens (including phenoxy) is 1. The van der Waals surface area contributed by atoms with Crippen LogP contribution in [0, 0.1) is 5.82 Å². The van der Waals surface area contributed by atoms with Crippen molar-refractivity contribution >= 4 is 28.3 Å². The van der Waals surface area contributed by atoms with Crippen LogP contribution in [0.15, 0.2) is 79.1 Å². The number of hydrogen-bond acceptors (Lipinski definition) is 6. The Morgan fingerprint density at radius 1 is 1.00 bits per heavy atom. The first-order valence-corrected chi connectivity index (χ1v) is 11.8. The number of halogens is 1. The van der Waals surface area contributed by atoms with E-state index in [-0.39, 0.29) is 24.4 Å². The lowest BCUT2D eigenvalue weighted by Gasteiger charge is -2.13. The molecule has 0 fully saturated rings. The number of rotatable bonds is 8.